The minimum absolute atomic E-state index is 0.0280. The Labute approximate surface area is 132 Å². The fourth-order valence-electron chi connectivity index (χ4n) is 2.97. The van der Waals surface area contributed by atoms with Crippen molar-refractivity contribution in [1.29, 1.82) is 0 Å². The number of nitrogens with one attached hydrogen (secondary N) is 1. The Morgan fingerprint density at radius 1 is 1.05 bits per heavy atom. The Balaban J connectivity index is 1.51. The third-order valence-corrected chi connectivity index (χ3v) is 4.12. The molecule has 1 aliphatic heterocycles. The molecular weight excluding hydrogens is 272 g/mol. The van der Waals surface area contributed by atoms with Gasteiger partial charge in [-0.2, -0.15) is 0 Å². The molecule has 0 atom stereocenters. The van der Waals surface area contributed by atoms with Gasteiger partial charge in [0, 0.05) is 18.8 Å². The van der Waals surface area contributed by atoms with Crippen LogP contribution in [0.1, 0.15) is 24.0 Å². The van der Waals surface area contributed by atoms with E-state index in [0.717, 1.165) is 37.9 Å². The zero-order chi connectivity index (χ0) is 15.2. The molecule has 0 saturated heterocycles. The number of carbonyl (C=O) groups excluding carboxylic acids is 1. The van der Waals surface area contributed by atoms with E-state index in [1.54, 1.807) is 0 Å². The van der Waals surface area contributed by atoms with Crippen LogP contribution < -0.4 is 10.2 Å². The quantitative estimate of drug-likeness (QED) is 0.855. The number of nitrogens with zero attached hydrogens (tertiary/aromatic N) is 1. The van der Waals surface area contributed by atoms with Crippen molar-refractivity contribution in [3.05, 3.63) is 65.7 Å². The molecule has 1 heterocycles. The van der Waals surface area contributed by atoms with Gasteiger partial charge in [-0.3, -0.25) is 4.90 Å². The van der Waals surface area contributed by atoms with Gasteiger partial charge in [-0.05, 0) is 42.9 Å². The monoisotopic (exact) mass is 294 g/mol. The lowest BCUT2D eigenvalue weighted by Gasteiger charge is -2.29. The van der Waals surface area contributed by atoms with Gasteiger partial charge in [-0.1, -0.05) is 48.5 Å². The second-order valence-electron chi connectivity index (χ2n) is 5.70. The van der Waals surface area contributed by atoms with Gasteiger partial charge in [-0.15, -0.1) is 0 Å². The van der Waals surface area contributed by atoms with Gasteiger partial charge in [0.2, 0.25) is 0 Å². The van der Waals surface area contributed by atoms with Crippen LogP contribution in [0, 0.1) is 0 Å². The van der Waals surface area contributed by atoms with E-state index in [4.69, 9.17) is 0 Å². The number of carbonyl (C=O) groups is 1. The van der Waals surface area contributed by atoms with E-state index in [0.29, 0.717) is 6.54 Å². The maximum absolute atomic E-state index is 12.4. The van der Waals surface area contributed by atoms with Gasteiger partial charge < -0.3 is 5.32 Å². The summed E-state index contributed by atoms with van der Waals surface area (Å²) in [6, 6.07) is 18.6. The summed E-state index contributed by atoms with van der Waals surface area (Å²) in [7, 11) is 0. The fraction of sp³-hybridized carbons (Fsp3) is 0.316. The molecule has 2 amide bonds. The third kappa shape index (κ3) is 3.48. The van der Waals surface area contributed by atoms with E-state index >= 15 is 0 Å². The van der Waals surface area contributed by atoms with Crippen molar-refractivity contribution in [2.24, 2.45) is 0 Å². The molecule has 3 heteroatoms. The van der Waals surface area contributed by atoms with Crippen molar-refractivity contribution in [3.8, 4) is 0 Å². The smallest absolute Gasteiger partial charge is 0.321 e. The molecule has 1 N–H and O–H groups in total. The van der Waals surface area contributed by atoms with Crippen LogP contribution in [-0.2, 0) is 12.8 Å². The molecule has 0 aromatic heterocycles. The Bertz CT molecular complexity index is 624. The highest BCUT2D eigenvalue weighted by atomic mass is 16.2. The van der Waals surface area contributed by atoms with Crippen molar-refractivity contribution in [2.45, 2.75) is 25.7 Å². The van der Waals surface area contributed by atoms with Crippen molar-refractivity contribution in [3.63, 3.8) is 0 Å². The van der Waals surface area contributed by atoms with Gasteiger partial charge in [0.15, 0.2) is 0 Å². The number of rotatable bonds is 4. The number of fused-ring (bicyclic) bond motifs is 1. The van der Waals surface area contributed by atoms with Crippen LogP contribution in [0.5, 0.6) is 0 Å². The topological polar surface area (TPSA) is 32.3 Å². The fourth-order valence-corrected chi connectivity index (χ4v) is 2.97. The Morgan fingerprint density at radius 2 is 1.82 bits per heavy atom. The van der Waals surface area contributed by atoms with E-state index < -0.39 is 0 Å². The number of aryl methyl sites for hydroxylation is 2. The summed E-state index contributed by atoms with van der Waals surface area (Å²) in [5, 5.41) is 3.05. The molecular formula is C19H22N2O. The molecule has 0 spiro atoms. The average Bonchev–Trinajstić information content (AvgIpc) is 2.59. The van der Waals surface area contributed by atoms with Crippen LogP contribution in [0.25, 0.3) is 0 Å². The predicted molar refractivity (Wildman–Crippen MR) is 90.3 cm³/mol. The first-order valence-corrected chi connectivity index (χ1v) is 8.02. The van der Waals surface area contributed by atoms with Crippen LogP contribution in [0.15, 0.2) is 54.6 Å². The van der Waals surface area contributed by atoms with Crippen molar-refractivity contribution >= 4 is 11.7 Å². The number of anilines is 1. The number of urea groups is 1. The lowest BCUT2D eigenvalue weighted by molar-refractivity contribution is 0.245. The third-order valence-electron chi connectivity index (χ3n) is 4.12. The molecule has 0 radical (unpaired) electrons. The van der Waals surface area contributed by atoms with Gasteiger partial charge in [0.05, 0.1) is 0 Å². The summed E-state index contributed by atoms with van der Waals surface area (Å²) in [6.45, 7) is 1.52. The summed E-state index contributed by atoms with van der Waals surface area (Å²) in [5.74, 6) is 0. The maximum Gasteiger partial charge on any atom is 0.321 e. The highest BCUT2D eigenvalue weighted by Crippen LogP contribution is 2.26. The first kappa shape index (κ1) is 14.6. The Morgan fingerprint density at radius 3 is 2.68 bits per heavy atom. The summed E-state index contributed by atoms with van der Waals surface area (Å²) < 4.78 is 0. The summed E-state index contributed by atoms with van der Waals surface area (Å²) in [6.07, 6.45) is 4.06. The average molecular weight is 294 g/mol. The molecule has 2 aromatic carbocycles. The molecule has 2 aromatic rings. The van der Waals surface area contributed by atoms with E-state index in [-0.39, 0.29) is 6.03 Å². The molecule has 114 valence electrons. The van der Waals surface area contributed by atoms with E-state index in [9.17, 15) is 4.79 Å². The molecule has 3 nitrogen and oxygen atoms in total. The van der Waals surface area contributed by atoms with Gasteiger partial charge in [0.1, 0.15) is 0 Å². The van der Waals surface area contributed by atoms with Crippen LogP contribution in [0.2, 0.25) is 0 Å². The van der Waals surface area contributed by atoms with E-state index in [2.05, 4.69) is 35.6 Å². The number of amides is 2. The van der Waals surface area contributed by atoms with Crippen molar-refractivity contribution in [2.75, 3.05) is 18.0 Å². The SMILES string of the molecule is O=C(NCCCc1ccccc1)N1CCCc2ccccc21. The largest absolute Gasteiger partial charge is 0.338 e. The molecule has 0 saturated carbocycles. The maximum atomic E-state index is 12.4. The highest BCUT2D eigenvalue weighted by molar-refractivity contribution is 5.93. The molecule has 0 unspecified atom stereocenters. The summed E-state index contributed by atoms with van der Waals surface area (Å²) >= 11 is 0. The lowest BCUT2D eigenvalue weighted by Crippen LogP contribution is -2.43. The first-order chi connectivity index (χ1) is 10.8. The zero-order valence-electron chi connectivity index (χ0n) is 12.8. The molecule has 22 heavy (non-hydrogen) atoms. The molecule has 0 fully saturated rings. The van der Waals surface area contributed by atoms with Crippen molar-refractivity contribution < 1.29 is 4.79 Å². The second kappa shape index (κ2) is 7.12. The summed E-state index contributed by atoms with van der Waals surface area (Å²) in [4.78, 5) is 14.3. The standard InChI is InChI=1S/C19H22N2O/c22-19(20-14-6-10-16-8-2-1-3-9-16)21-15-7-12-17-11-4-5-13-18(17)21/h1-5,8-9,11,13H,6-7,10,12,14-15H2,(H,20,22). The van der Waals surface area contributed by atoms with E-state index in [1.807, 2.05) is 29.2 Å². The zero-order valence-corrected chi connectivity index (χ0v) is 12.8. The number of benzene rings is 2. The number of hydrogen-bond acceptors (Lipinski definition) is 1. The minimum Gasteiger partial charge on any atom is -0.338 e. The normalized spacial score (nSPS) is 13.5. The molecule has 1 aliphatic rings. The molecule has 3 rings (SSSR count). The summed E-state index contributed by atoms with van der Waals surface area (Å²) in [5.41, 5.74) is 3.66. The van der Waals surface area contributed by atoms with Gasteiger partial charge in [0.25, 0.3) is 0 Å². The van der Waals surface area contributed by atoms with Crippen LogP contribution in [-0.4, -0.2) is 19.1 Å². The van der Waals surface area contributed by atoms with Crippen LogP contribution >= 0.6 is 0 Å². The Kier molecular flexibility index (Phi) is 4.74. The minimum atomic E-state index is 0.0280. The molecule has 0 aliphatic carbocycles. The predicted octanol–water partition coefficient (Wildman–Crippen LogP) is 3.78. The van der Waals surface area contributed by atoms with E-state index in [1.165, 1.54) is 11.1 Å². The van der Waals surface area contributed by atoms with Gasteiger partial charge in [-0.25, -0.2) is 4.79 Å². The molecule has 0 bridgehead atoms. The van der Waals surface area contributed by atoms with Gasteiger partial charge >= 0.3 is 6.03 Å². The first-order valence-electron chi connectivity index (χ1n) is 8.02. The second-order valence-corrected chi connectivity index (χ2v) is 5.70. The number of para-hydroxylation sites is 1. The van der Waals surface area contributed by atoms with Crippen LogP contribution in [0.4, 0.5) is 10.5 Å². The van der Waals surface area contributed by atoms with Crippen molar-refractivity contribution in [1.82, 2.24) is 5.32 Å². The van der Waals surface area contributed by atoms with Crippen LogP contribution in [0.3, 0.4) is 0 Å². The number of hydrogen-bond donors (Lipinski definition) is 1. The lowest BCUT2D eigenvalue weighted by atomic mass is 10.0. The Hall–Kier alpha value is -2.29. The highest BCUT2D eigenvalue weighted by Gasteiger charge is 2.21.